The van der Waals surface area contributed by atoms with Gasteiger partial charge in [-0.25, -0.2) is 13.1 Å². The summed E-state index contributed by atoms with van der Waals surface area (Å²) in [5, 5.41) is 9.35. The average Bonchev–Trinajstić information content (AvgIpc) is 2.69. The number of carbonyl (C=O) groups excluding carboxylic acids is 1. The number of fused-ring (bicyclic) bond motifs is 2. The third-order valence-electron chi connectivity index (χ3n) is 5.97. The molecule has 0 amide bonds. The number of ketones is 1. The van der Waals surface area contributed by atoms with Crippen molar-refractivity contribution in [3.05, 3.63) is 0 Å². The second kappa shape index (κ2) is 5.87. The molecule has 2 fully saturated rings. The molecule has 2 aliphatic rings. The Labute approximate surface area is 133 Å². The van der Waals surface area contributed by atoms with Crippen LogP contribution in [0.2, 0.25) is 0 Å². The summed E-state index contributed by atoms with van der Waals surface area (Å²) in [7, 11) is -3.50. The first-order chi connectivity index (χ1) is 10.0. The first-order valence-electron chi connectivity index (χ1n) is 8.19. The van der Waals surface area contributed by atoms with Gasteiger partial charge in [0.1, 0.15) is 5.78 Å². The van der Waals surface area contributed by atoms with Gasteiger partial charge in [-0.2, -0.15) is 0 Å². The maximum Gasteiger partial charge on any atom is 0.212 e. The van der Waals surface area contributed by atoms with Crippen LogP contribution < -0.4 is 4.72 Å². The minimum atomic E-state index is -3.50. The fraction of sp³-hybridized carbons (Fsp3) is 0.938. The van der Waals surface area contributed by atoms with Gasteiger partial charge in [-0.15, -0.1) is 0 Å². The van der Waals surface area contributed by atoms with Crippen LogP contribution in [0.3, 0.4) is 0 Å². The summed E-state index contributed by atoms with van der Waals surface area (Å²) in [4.78, 5) is 12.4. The molecule has 0 spiro atoms. The van der Waals surface area contributed by atoms with Gasteiger partial charge in [0, 0.05) is 18.4 Å². The number of aliphatic hydroxyl groups is 1. The number of Topliss-reactive ketones (excluding diaryl/α,β-unsaturated/α-hetero) is 1. The first-order valence-corrected chi connectivity index (χ1v) is 9.84. The maximum absolute atomic E-state index is 12.5. The highest BCUT2D eigenvalue weighted by molar-refractivity contribution is 7.89. The number of hydrogen-bond acceptors (Lipinski definition) is 4. The molecule has 2 aliphatic carbocycles. The predicted molar refractivity (Wildman–Crippen MR) is 85.8 cm³/mol. The van der Waals surface area contributed by atoms with Gasteiger partial charge in [0.25, 0.3) is 0 Å². The van der Waals surface area contributed by atoms with Gasteiger partial charge >= 0.3 is 0 Å². The lowest BCUT2D eigenvalue weighted by atomic mass is 9.70. The van der Waals surface area contributed by atoms with Gasteiger partial charge in [-0.3, -0.25) is 4.79 Å². The number of rotatable bonds is 7. The van der Waals surface area contributed by atoms with Gasteiger partial charge < -0.3 is 5.11 Å². The highest BCUT2D eigenvalue weighted by Crippen LogP contribution is 2.64. The summed E-state index contributed by atoms with van der Waals surface area (Å²) in [5.41, 5.74) is -0.943. The minimum Gasteiger partial charge on any atom is -0.393 e. The second-order valence-corrected chi connectivity index (χ2v) is 9.77. The predicted octanol–water partition coefficient (Wildman–Crippen LogP) is 1.71. The van der Waals surface area contributed by atoms with Crippen molar-refractivity contribution >= 4 is 15.8 Å². The van der Waals surface area contributed by atoms with E-state index in [-0.39, 0.29) is 22.9 Å². The highest BCUT2D eigenvalue weighted by Gasteiger charge is 2.65. The van der Waals surface area contributed by atoms with Crippen LogP contribution in [-0.4, -0.2) is 37.7 Å². The Morgan fingerprint density at radius 1 is 1.36 bits per heavy atom. The highest BCUT2D eigenvalue weighted by atomic mass is 32.2. The molecule has 0 aliphatic heterocycles. The second-order valence-electron chi connectivity index (χ2n) is 7.96. The van der Waals surface area contributed by atoms with E-state index in [9.17, 15) is 18.3 Å². The van der Waals surface area contributed by atoms with Crippen molar-refractivity contribution in [2.45, 2.75) is 59.5 Å². The third-order valence-corrected chi connectivity index (χ3v) is 7.45. The van der Waals surface area contributed by atoms with Crippen molar-refractivity contribution in [2.24, 2.45) is 22.7 Å². The van der Waals surface area contributed by atoms with E-state index in [0.717, 1.165) is 6.42 Å². The van der Waals surface area contributed by atoms with E-state index in [2.05, 4.69) is 4.72 Å². The number of nitrogens with one attached hydrogen (secondary N) is 1. The largest absolute Gasteiger partial charge is 0.393 e. The zero-order valence-corrected chi connectivity index (χ0v) is 14.9. The van der Waals surface area contributed by atoms with Gasteiger partial charge in [0.2, 0.25) is 10.0 Å². The fourth-order valence-electron chi connectivity index (χ4n) is 4.42. The zero-order chi connectivity index (χ0) is 16.8. The van der Waals surface area contributed by atoms with E-state index in [4.69, 9.17) is 0 Å². The molecule has 0 unspecified atom stereocenters. The van der Waals surface area contributed by atoms with Crippen LogP contribution in [0.4, 0.5) is 0 Å². The van der Waals surface area contributed by atoms with Crippen molar-refractivity contribution in [3.8, 4) is 0 Å². The Morgan fingerprint density at radius 2 is 2.00 bits per heavy atom. The molecule has 6 heteroatoms. The fourth-order valence-corrected chi connectivity index (χ4v) is 6.39. The molecule has 0 aromatic carbocycles. The van der Waals surface area contributed by atoms with E-state index in [1.807, 2.05) is 20.8 Å². The summed E-state index contributed by atoms with van der Waals surface area (Å²) in [6.07, 6.45) is 2.28. The summed E-state index contributed by atoms with van der Waals surface area (Å²) >= 11 is 0. The van der Waals surface area contributed by atoms with E-state index < -0.39 is 21.5 Å². The molecule has 4 atom stereocenters. The van der Waals surface area contributed by atoms with Crippen molar-refractivity contribution in [1.82, 2.24) is 4.72 Å². The molecule has 0 aromatic heterocycles. The molecule has 0 radical (unpaired) electrons. The quantitative estimate of drug-likeness (QED) is 0.744. The Bertz CT molecular complexity index is 540. The lowest BCUT2D eigenvalue weighted by molar-refractivity contribution is -0.128. The Morgan fingerprint density at radius 3 is 2.45 bits per heavy atom. The molecule has 2 bridgehead atoms. The lowest BCUT2D eigenvalue weighted by Crippen LogP contribution is -2.46. The van der Waals surface area contributed by atoms with E-state index in [1.165, 1.54) is 0 Å². The number of carbonyl (C=O) groups is 1. The van der Waals surface area contributed by atoms with Crippen LogP contribution in [0.15, 0.2) is 0 Å². The Kier molecular flexibility index (Phi) is 4.78. The van der Waals surface area contributed by atoms with Crippen molar-refractivity contribution in [2.75, 3.05) is 12.3 Å². The molecule has 5 nitrogen and oxygen atoms in total. The van der Waals surface area contributed by atoms with E-state index in [0.29, 0.717) is 31.7 Å². The molecular weight excluding hydrogens is 302 g/mol. The molecule has 2 rings (SSSR count). The molecule has 128 valence electrons. The van der Waals surface area contributed by atoms with Gasteiger partial charge in [0.05, 0.1) is 11.9 Å². The summed E-state index contributed by atoms with van der Waals surface area (Å²) < 4.78 is 27.6. The SMILES string of the molecule is C[C@H](CNS(=O)(=O)C[C@@]12CC[C@@H](CC1=O)C2(C)C)C[C@H](C)O. The number of sulfonamides is 1. The van der Waals surface area contributed by atoms with Crippen molar-refractivity contribution < 1.29 is 18.3 Å². The van der Waals surface area contributed by atoms with E-state index >= 15 is 0 Å². The zero-order valence-electron chi connectivity index (χ0n) is 14.1. The summed E-state index contributed by atoms with van der Waals surface area (Å²) in [5.74, 6) is 0.417. The smallest absolute Gasteiger partial charge is 0.212 e. The number of hydrogen-bond donors (Lipinski definition) is 2. The minimum absolute atomic E-state index is 0.0656. The topological polar surface area (TPSA) is 83.5 Å². The van der Waals surface area contributed by atoms with Gasteiger partial charge in [-0.05, 0) is 43.4 Å². The van der Waals surface area contributed by atoms with E-state index in [1.54, 1.807) is 6.92 Å². The summed E-state index contributed by atoms with van der Waals surface area (Å²) in [6, 6.07) is 0. The van der Waals surface area contributed by atoms with Gasteiger partial charge in [0.15, 0.2) is 0 Å². The van der Waals surface area contributed by atoms with Crippen molar-refractivity contribution in [3.63, 3.8) is 0 Å². The van der Waals surface area contributed by atoms with Crippen LogP contribution in [0.25, 0.3) is 0 Å². The van der Waals surface area contributed by atoms with Crippen LogP contribution in [-0.2, 0) is 14.8 Å². The Hall–Kier alpha value is -0.460. The third kappa shape index (κ3) is 3.10. The maximum atomic E-state index is 12.5. The van der Waals surface area contributed by atoms with Gasteiger partial charge in [-0.1, -0.05) is 20.8 Å². The molecule has 2 saturated carbocycles. The number of aliphatic hydroxyl groups excluding tert-OH is 1. The molecule has 0 aromatic rings. The normalized spacial score (nSPS) is 33.1. The summed E-state index contributed by atoms with van der Waals surface area (Å²) in [6.45, 7) is 8.00. The Balaban J connectivity index is 2.04. The van der Waals surface area contributed by atoms with Crippen LogP contribution in [0.5, 0.6) is 0 Å². The first kappa shape index (κ1) is 17.9. The van der Waals surface area contributed by atoms with Crippen LogP contribution >= 0.6 is 0 Å². The lowest BCUT2D eigenvalue weighted by Gasteiger charge is -2.36. The molecule has 0 saturated heterocycles. The molecular formula is C16H29NO4S. The standard InChI is InChI=1S/C16H29NO4S/c1-11(7-12(2)18)9-17-22(20,21)10-16-6-5-13(8-14(16)19)15(16,3)4/h11-13,17-18H,5-10H2,1-4H3/t11-,12-,13-,16-/m0/s1. The molecule has 0 heterocycles. The average molecular weight is 331 g/mol. The molecule has 22 heavy (non-hydrogen) atoms. The monoisotopic (exact) mass is 331 g/mol. The molecule has 2 N–H and O–H groups in total. The van der Waals surface area contributed by atoms with Crippen LogP contribution in [0, 0.1) is 22.7 Å². The van der Waals surface area contributed by atoms with Crippen molar-refractivity contribution in [1.29, 1.82) is 0 Å². The van der Waals surface area contributed by atoms with Crippen LogP contribution in [0.1, 0.15) is 53.4 Å².